The van der Waals surface area contributed by atoms with Crippen LogP contribution in [-0.2, 0) is 6.54 Å². The number of carbonyl (C=O) groups is 1. The molecule has 35 heavy (non-hydrogen) atoms. The Hall–Kier alpha value is -4.12. The van der Waals surface area contributed by atoms with Crippen molar-refractivity contribution in [2.75, 3.05) is 7.11 Å². The number of aromatic nitrogens is 2. The van der Waals surface area contributed by atoms with E-state index in [4.69, 9.17) is 9.72 Å². The molecule has 4 rings (SSSR count). The molecule has 0 aliphatic heterocycles. The molecule has 5 nitrogen and oxygen atoms in total. The van der Waals surface area contributed by atoms with E-state index in [1.807, 2.05) is 69.3 Å². The highest BCUT2D eigenvalue weighted by molar-refractivity contribution is 5.97. The van der Waals surface area contributed by atoms with Crippen molar-refractivity contribution in [3.63, 3.8) is 0 Å². The van der Waals surface area contributed by atoms with Gasteiger partial charge in [0, 0.05) is 12.1 Å². The maximum atomic E-state index is 13.1. The number of fused-ring (bicyclic) bond motifs is 1. The first-order chi connectivity index (χ1) is 16.9. The zero-order chi connectivity index (χ0) is 24.9. The molecule has 1 aromatic heterocycles. The summed E-state index contributed by atoms with van der Waals surface area (Å²) in [4.78, 5) is 17.8. The Morgan fingerprint density at radius 2 is 1.86 bits per heavy atom. The number of nitrogens with zero attached hydrogens (tertiary/aromatic N) is 2. The third-order valence-electron chi connectivity index (χ3n) is 6.30. The quantitative estimate of drug-likeness (QED) is 0.303. The average Bonchev–Trinajstić information content (AvgIpc) is 3.19. The van der Waals surface area contributed by atoms with Crippen LogP contribution < -0.4 is 10.1 Å². The standard InChI is InChI=1S/C30H31N3O2/c1-6-23(7-2)24-13-11-22(12-14-24)19-33-21(4)32-28-16-15-26(18-29(28)33)30(34)31-20(3)25-9-8-10-27(17-25)35-5/h6-18,20H,1,19H2,2-5H3,(H,31,34)/b23-7+/t20-/m0/s1. The smallest absolute Gasteiger partial charge is 0.251 e. The minimum absolute atomic E-state index is 0.125. The highest BCUT2D eigenvalue weighted by Gasteiger charge is 2.15. The molecule has 1 atom stereocenters. The molecule has 0 spiro atoms. The van der Waals surface area contributed by atoms with E-state index in [1.54, 1.807) is 7.11 Å². The largest absolute Gasteiger partial charge is 0.497 e. The fraction of sp³-hybridized carbons (Fsp3) is 0.200. The Morgan fingerprint density at radius 3 is 2.54 bits per heavy atom. The second kappa shape index (κ2) is 10.4. The third-order valence-corrected chi connectivity index (χ3v) is 6.30. The molecule has 3 aromatic carbocycles. The number of aryl methyl sites for hydroxylation is 1. The first-order valence-corrected chi connectivity index (χ1v) is 11.7. The van der Waals surface area contributed by atoms with Crippen LogP contribution in [-0.4, -0.2) is 22.6 Å². The lowest BCUT2D eigenvalue weighted by molar-refractivity contribution is 0.0940. The van der Waals surface area contributed by atoms with E-state index in [0.717, 1.165) is 44.9 Å². The van der Waals surface area contributed by atoms with Gasteiger partial charge in [-0.05, 0) is 73.4 Å². The second-order valence-electron chi connectivity index (χ2n) is 8.57. The number of benzene rings is 3. The van der Waals surface area contributed by atoms with Gasteiger partial charge in [0.2, 0.25) is 0 Å². The summed E-state index contributed by atoms with van der Waals surface area (Å²) >= 11 is 0. The Morgan fingerprint density at radius 1 is 1.11 bits per heavy atom. The number of rotatable bonds is 8. The summed E-state index contributed by atoms with van der Waals surface area (Å²) in [6.45, 7) is 10.5. The van der Waals surface area contributed by atoms with Gasteiger partial charge in [0.1, 0.15) is 11.6 Å². The van der Waals surface area contributed by atoms with Crippen LogP contribution in [0.15, 0.2) is 85.5 Å². The predicted octanol–water partition coefficient (Wildman–Crippen LogP) is 6.48. The number of ether oxygens (including phenoxy) is 1. The molecule has 0 radical (unpaired) electrons. The van der Waals surface area contributed by atoms with Gasteiger partial charge in [0.05, 0.1) is 24.2 Å². The minimum Gasteiger partial charge on any atom is -0.497 e. The van der Waals surface area contributed by atoms with Gasteiger partial charge in [0.25, 0.3) is 5.91 Å². The van der Waals surface area contributed by atoms with Crippen LogP contribution in [0.25, 0.3) is 16.6 Å². The Balaban J connectivity index is 1.57. The number of carbonyl (C=O) groups excluding carboxylic acids is 1. The number of hydrogen-bond acceptors (Lipinski definition) is 3. The Labute approximate surface area is 206 Å². The lowest BCUT2D eigenvalue weighted by atomic mass is 10.0. The van der Waals surface area contributed by atoms with E-state index < -0.39 is 0 Å². The minimum atomic E-state index is -0.156. The molecule has 0 unspecified atom stereocenters. The molecule has 0 aliphatic rings. The summed E-state index contributed by atoms with van der Waals surface area (Å²) in [5, 5.41) is 3.09. The summed E-state index contributed by atoms with van der Waals surface area (Å²) < 4.78 is 7.46. The highest BCUT2D eigenvalue weighted by Crippen LogP contribution is 2.23. The molecule has 0 saturated heterocycles. The lowest BCUT2D eigenvalue weighted by Gasteiger charge is -2.15. The highest BCUT2D eigenvalue weighted by atomic mass is 16.5. The van der Waals surface area contributed by atoms with Crippen LogP contribution >= 0.6 is 0 Å². The number of methoxy groups -OCH3 is 1. The molecule has 0 bridgehead atoms. The van der Waals surface area contributed by atoms with Crippen LogP contribution in [0.1, 0.15) is 52.8 Å². The van der Waals surface area contributed by atoms with Crippen molar-refractivity contribution in [1.29, 1.82) is 0 Å². The first kappa shape index (κ1) is 24.0. The Kier molecular flexibility index (Phi) is 7.16. The van der Waals surface area contributed by atoms with Crippen molar-refractivity contribution >= 4 is 22.5 Å². The Bertz CT molecular complexity index is 1400. The summed E-state index contributed by atoms with van der Waals surface area (Å²) in [7, 11) is 1.64. The molecule has 178 valence electrons. The monoisotopic (exact) mass is 465 g/mol. The van der Waals surface area contributed by atoms with Crippen LogP contribution in [0.3, 0.4) is 0 Å². The number of allylic oxidation sites excluding steroid dienone is 3. The topological polar surface area (TPSA) is 56.2 Å². The summed E-state index contributed by atoms with van der Waals surface area (Å²) in [6.07, 6.45) is 3.92. The molecule has 0 fully saturated rings. The SMILES string of the molecule is C=C/C(=C\C)c1ccc(Cn2c(C)nc3ccc(C(=O)N[C@@H](C)c4cccc(OC)c4)cc32)cc1. The fourth-order valence-electron chi connectivity index (χ4n) is 4.25. The third kappa shape index (κ3) is 5.19. The molecular formula is C30H31N3O2. The predicted molar refractivity (Wildman–Crippen MR) is 143 cm³/mol. The van der Waals surface area contributed by atoms with Gasteiger partial charge in [-0.2, -0.15) is 0 Å². The van der Waals surface area contributed by atoms with E-state index in [9.17, 15) is 4.79 Å². The van der Waals surface area contributed by atoms with Gasteiger partial charge in [-0.25, -0.2) is 4.98 Å². The van der Waals surface area contributed by atoms with Gasteiger partial charge in [-0.15, -0.1) is 0 Å². The summed E-state index contributed by atoms with van der Waals surface area (Å²) in [5.41, 5.74) is 6.82. The molecule has 0 saturated carbocycles. The number of amides is 1. The average molecular weight is 466 g/mol. The van der Waals surface area contributed by atoms with Gasteiger partial charge in [-0.3, -0.25) is 4.79 Å². The molecule has 0 aliphatic carbocycles. The summed E-state index contributed by atoms with van der Waals surface area (Å²) in [5.74, 6) is 1.55. The van der Waals surface area contributed by atoms with Gasteiger partial charge >= 0.3 is 0 Å². The maximum Gasteiger partial charge on any atom is 0.251 e. The molecular weight excluding hydrogens is 434 g/mol. The van der Waals surface area contributed by atoms with Gasteiger partial charge in [0.15, 0.2) is 0 Å². The van der Waals surface area contributed by atoms with Crippen LogP contribution in [0, 0.1) is 6.92 Å². The maximum absolute atomic E-state index is 13.1. The van der Waals surface area contributed by atoms with E-state index in [2.05, 4.69) is 46.8 Å². The number of nitrogens with one attached hydrogen (secondary N) is 1. The molecule has 5 heteroatoms. The van der Waals surface area contributed by atoms with Crippen molar-refractivity contribution in [2.24, 2.45) is 0 Å². The van der Waals surface area contributed by atoms with Crippen molar-refractivity contribution in [3.8, 4) is 5.75 Å². The molecule has 1 amide bonds. The van der Waals surface area contributed by atoms with Gasteiger partial charge < -0.3 is 14.6 Å². The second-order valence-corrected chi connectivity index (χ2v) is 8.57. The van der Waals surface area contributed by atoms with E-state index >= 15 is 0 Å². The van der Waals surface area contributed by atoms with Crippen LogP contribution in [0.5, 0.6) is 5.75 Å². The van der Waals surface area contributed by atoms with Crippen molar-refractivity contribution in [1.82, 2.24) is 14.9 Å². The fourth-order valence-corrected chi connectivity index (χ4v) is 4.25. The van der Waals surface area contributed by atoms with Crippen molar-refractivity contribution in [2.45, 2.75) is 33.4 Å². The normalized spacial score (nSPS) is 12.4. The van der Waals surface area contributed by atoms with E-state index in [0.29, 0.717) is 12.1 Å². The van der Waals surface area contributed by atoms with E-state index in [1.165, 1.54) is 0 Å². The number of imidazole rings is 1. The van der Waals surface area contributed by atoms with Crippen LogP contribution in [0.4, 0.5) is 0 Å². The zero-order valence-electron chi connectivity index (χ0n) is 20.7. The van der Waals surface area contributed by atoms with E-state index in [-0.39, 0.29) is 11.9 Å². The molecule has 1 N–H and O–H groups in total. The van der Waals surface area contributed by atoms with Crippen LogP contribution in [0.2, 0.25) is 0 Å². The van der Waals surface area contributed by atoms with Crippen molar-refractivity contribution < 1.29 is 9.53 Å². The first-order valence-electron chi connectivity index (χ1n) is 11.7. The number of hydrogen-bond donors (Lipinski definition) is 1. The summed E-state index contributed by atoms with van der Waals surface area (Å²) in [6, 6.07) is 21.7. The van der Waals surface area contributed by atoms with Gasteiger partial charge in [-0.1, -0.05) is 55.1 Å². The van der Waals surface area contributed by atoms with Crippen molar-refractivity contribution in [3.05, 3.63) is 114 Å². The molecule has 4 aromatic rings. The molecule has 1 heterocycles. The zero-order valence-corrected chi connectivity index (χ0v) is 20.7. The lowest BCUT2D eigenvalue weighted by Crippen LogP contribution is -2.26.